The summed E-state index contributed by atoms with van der Waals surface area (Å²) in [6.45, 7) is 0. The van der Waals surface area contributed by atoms with E-state index >= 15 is 0 Å². The van der Waals surface area contributed by atoms with E-state index in [0.717, 1.165) is 16.0 Å². The Morgan fingerprint density at radius 3 is 2.53 bits per heavy atom. The van der Waals surface area contributed by atoms with Gasteiger partial charge in [-0.3, -0.25) is 4.79 Å². The molecule has 4 aromatic rings. The fourth-order valence-electron chi connectivity index (χ4n) is 3.18. The first-order valence-corrected chi connectivity index (χ1v) is 10.2. The van der Waals surface area contributed by atoms with E-state index in [0.29, 0.717) is 28.9 Å². The van der Waals surface area contributed by atoms with E-state index in [1.54, 1.807) is 24.3 Å². The molecule has 0 bridgehead atoms. The zero-order valence-corrected chi connectivity index (χ0v) is 17.1. The van der Waals surface area contributed by atoms with Gasteiger partial charge in [-0.15, -0.1) is 0 Å². The topological polar surface area (TPSA) is 72.2 Å². The van der Waals surface area contributed by atoms with Crippen LogP contribution in [0.4, 0.5) is 0 Å². The van der Waals surface area contributed by atoms with Gasteiger partial charge in [0.2, 0.25) is 5.43 Å². The number of aromatic nitrogens is 2. The summed E-state index contributed by atoms with van der Waals surface area (Å²) in [6, 6.07) is 16.5. The molecule has 0 aliphatic rings. The number of pyridine rings is 1. The maximum Gasteiger partial charge on any atom is 0.335 e. The monoisotopic (exact) mass is 414 g/mol. The number of benzene rings is 2. The highest BCUT2D eigenvalue weighted by Crippen LogP contribution is 2.20. The van der Waals surface area contributed by atoms with Gasteiger partial charge in [-0.25, -0.2) is 9.78 Å². The van der Waals surface area contributed by atoms with E-state index in [4.69, 9.17) is 5.11 Å². The molecule has 0 aliphatic carbocycles. The molecular formula is C24H18N2O3S. The summed E-state index contributed by atoms with van der Waals surface area (Å²) in [4.78, 5) is 29.2. The summed E-state index contributed by atoms with van der Waals surface area (Å²) in [5.74, 6) is 5.23. The quantitative estimate of drug-likeness (QED) is 0.515. The lowest BCUT2D eigenvalue weighted by molar-refractivity contribution is 0.0697. The van der Waals surface area contributed by atoms with Gasteiger partial charge in [-0.2, -0.15) is 0 Å². The Kier molecular flexibility index (Phi) is 5.46. The number of carbonyl (C=O) groups is 1. The maximum absolute atomic E-state index is 13.0. The summed E-state index contributed by atoms with van der Waals surface area (Å²) < 4.78 is 1.90. The molecule has 0 radical (unpaired) electrons. The van der Waals surface area contributed by atoms with E-state index in [1.807, 2.05) is 48.1 Å². The Bertz CT molecular complexity index is 1340. The third-order valence-electron chi connectivity index (χ3n) is 4.71. The lowest BCUT2D eigenvalue weighted by Gasteiger charge is -2.06. The van der Waals surface area contributed by atoms with Crippen LogP contribution in [0.25, 0.3) is 10.3 Å². The second-order valence-corrected chi connectivity index (χ2v) is 7.89. The zero-order valence-electron chi connectivity index (χ0n) is 16.3. The molecule has 0 amide bonds. The number of aromatic carboxylic acids is 1. The lowest BCUT2D eigenvalue weighted by Crippen LogP contribution is -2.13. The molecule has 30 heavy (non-hydrogen) atoms. The van der Waals surface area contributed by atoms with Crippen LogP contribution in [-0.4, -0.2) is 20.6 Å². The van der Waals surface area contributed by atoms with E-state index in [-0.39, 0.29) is 11.0 Å². The largest absolute Gasteiger partial charge is 0.478 e. The predicted octanol–water partition coefficient (Wildman–Crippen LogP) is 3.88. The second-order valence-electron chi connectivity index (χ2n) is 6.91. The Morgan fingerprint density at radius 1 is 1.10 bits per heavy atom. The Balaban J connectivity index is 1.61. The van der Waals surface area contributed by atoms with Gasteiger partial charge in [0.15, 0.2) is 5.01 Å². The fraction of sp³-hybridized carbons (Fsp3) is 0.125. The number of rotatable bonds is 4. The summed E-state index contributed by atoms with van der Waals surface area (Å²) >= 11 is 1.41. The van der Waals surface area contributed by atoms with Crippen molar-refractivity contribution in [2.24, 2.45) is 7.05 Å². The van der Waals surface area contributed by atoms with Crippen molar-refractivity contribution in [3.63, 3.8) is 0 Å². The van der Waals surface area contributed by atoms with Crippen molar-refractivity contribution in [3.8, 4) is 11.8 Å². The molecule has 0 unspecified atom stereocenters. The van der Waals surface area contributed by atoms with Crippen LogP contribution in [0.3, 0.4) is 0 Å². The molecule has 6 heteroatoms. The molecule has 0 spiro atoms. The third-order valence-corrected chi connectivity index (χ3v) is 5.77. The fourth-order valence-corrected chi connectivity index (χ4v) is 4.06. The molecule has 2 aromatic heterocycles. The predicted molar refractivity (Wildman–Crippen MR) is 118 cm³/mol. The smallest absolute Gasteiger partial charge is 0.335 e. The summed E-state index contributed by atoms with van der Waals surface area (Å²) in [6.07, 6.45) is 2.86. The Morgan fingerprint density at radius 2 is 1.83 bits per heavy atom. The van der Waals surface area contributed by atoms with Crippen molar-refractivity contribution in [1.29, 1.82) is 0 Å². The minimum atomic E-state index is -0.970. The SMILES string of the molecule is Cn1cc(Cc2ccc(C(=O)O)cc2)c(=O)c2nc(C#CCc3ccccc3)sc21. The van der Waals surface area contributed by atoms with Gasteiger partial charge in [0.1, 0.15) is 10.3 Å². The molecule has 0 saturated heterocycles. The number of hydrogen-bond acceptors (Lipinski definition) is 4. The van der Waals surface area contributed by atoms with Crippen LogP contribution >= 0.6 is 11.3 Å². The Hall–Kier alpha value is -3.69. The van der Waals surface area contributed by atoms with Gasteiger partial charge in [0.05, 0.1) is 5.56 Å². The van der Waals surface area contributed by atoms with Gasteiger partial charge < -0.3 is 9.67 Å². The molecule has 0 atom stereocenters. The van der Waals surface area contributed by atoms with Crippen LogP contribution in [0.2, 0.25) is 0 Å². The third kappa shape index (κ3) is 4.17. The van der Waals surface area contributed by atoms with E-state index in [9.17, 15) is 9.59 Å². The van der Waals surface area contributed by atoms with Gasteiger partial charge in [0.25, 0.3) is 0 Å². The molecule has 5 nitrogen and oxygen atoms in total. The van der Waals surface area contributed by atoms with Crippen LogP contribution in [-0.2, 0) is 19.9 Å². The molecule has 2 aromatic carbocycles. The zero-order chi connectivity index (χ0) is 21.1. The average molecular weight is 414 g/mol. The van der Waals surface area contributed by atoms with Crippen LogP contribution in [0, 0.1) is 11.8 Å². The second kappa shape index (κ2) is 8.36. The van der Waals surface area contributed by atoms with Crippen molar-refractivity contribution in [3.05, 3.63) is 98.3 Å². The van der Waals surface area contributed by atoms with Crippen LogP contribution in [0.5, 0.6) is 0 Å². The molecule has 2 heterocycles. The molecule has 4 rings (SSSR count). The van der Waals surface area contributed by atoms with Crippen LogP contribution < -0.4 is 5.43 Å². The number of nitrogens with zero attached hydrogens (tertiary/aromatic N) is 2. The molecule has 1 N–H and O–H groups in total. The van der Waals surface area contributed by atoms with Crippen molar-refractivity contribution in [2.75, 3.05) is 0 Å². The standard InChI is InChI=1S/C24H18N2O3S/c1-26-15-19(14-17-10-12-18(13-11-17)24(28)29)22(27)21-23(26)30-20(25-21)9-5-8-16-6-3-2-4-7-16/h2-4,6-7,10-13,15H,8,14H2,1H3,(H,28,29). The lowest BCUT2D eigenvalue weighted by atomic mass is 10.0. The highest BCUT2D eigenvalue weighted by Gasteiger charge is 2.13. The van der Waals surface area contributed by atoms with Gasteiger partial charge >= 0.3 is 5.97 Å². The van der Waals surface area contributed by atoms with Crippen molar-refractivity contribution >= 4 is 27.7 Å². The summed E-state index contributed by atoms with van der Waals surface area (Å²) in [5, 5.41) is 9.64. The van der Waals surface area contributed by atoms with Crippen LogP contribution in [0.1, 0.15) is 32.1 Å². The van der Waals surface area contributed by atoms with Crippen molar-refractivity contribution < 1.29 is 9.90 Å². The summed E-state index contributed by atoms with van der Waals surface area (Å²) in [5.41, 5.74) is 3.15. The molecule has 0 aliphatic heterocycles. The minimum absolute atomic E-state index is 0.113. The minimum Gasteiger partial charge on any atom is -0.478 e. The number of carboxylic acids is 1. The maximum atomic E-state index is 13.0. The van der Waals surface area contributed by atoms with Gasteiger partial charge in [-0.1, -0.05) is 59.7 Å². The highest BCUT2D eigenvalue weighted by atomic mass is 32.1. The van der Waals surface area contributed by atoms with E-state index in [1.165, 1.54) is 11.3 Å². The first kappa shape index (κ1) is 19.6. The number of thiazole rings is 1. The number of hydrogen-bond donors (Lipinski definition) is 1. The average Bonchev–Trinajstić information content (AvgIpc) is 3.18. The molecule has 148 valence electrons. The number of carboxylic acid groups (broad SMARTS) is 1. The Labute approximate surface area is 177 Å². The van der Waals surface area contributed by atoms with E-state index in [2.05, 4.69) is 16.8 Å². The molecule has 0 saturated carbocycles. The number of fused-ring (bicyclic) bond motifs is 1. The van der Waals surface area contributed by atoms with Crippen molar-refractivity contribution in [1.82, 2.24) is 9.55 Å². The molecule has 0 fully saturated rings. The van der Waals surface area contributed by atoms with E-state index < -0.39 is 5.97 Å². The number of aryl methyl sites for hydroxylation is 1. The highest BCUT2D eigenvalue weighted by molar-refractivity contribution is 7.18. The normalized spacial score (nSPS) is 10.6. The van der Waals surface area contributed by atoms with Gasteiger partial charge in [0, 0.05) is 31.6 Å². The first-order valence-electron chi connectivity index (χ1n) is 9.35. The first-order chi connectivity index (χ1) is 14.5. The van der Waals surface area contributed by atoms with Crippen molar-refractivity contribution in [2.45, 2.75) is 12.8 Å². The summed E-state index contributed by atoms with van der Waals surface area (Å²) in [7, 11) is 1.89. The van der Waals surface area contributed by atoms with Gasteiger partial charge in [-0.05, 0) is 29.2 Å². The molecular weight excluding hydrogens is 396 g/mol. The van der Waals surface area contributed by atoms with Crippen LogP contribution in [0.15, 0.2) is 65.6 Å².